The molecule has 1 aromatic heterocycles. The first-order valence-electron chi connectivity index (χ1n) is 9.01. The molecule has 0 atom stereocenters. The smallest absolute Gasteiger partial charge is 0.252 e. The maximum absolute atomic E-state index is 13.6. The number of halogens is 1. The lowest BCUT2D eigenvalue weighted by Gasteiger charge is -2.05. The summed E-state index contributed by atoms with van der Waals surface area (Å²) in [5.74, 6) is -0.714. The zero-order valence-electron chi connectivity index (χ0n) is 16.1. The van der Waals surface area contributed by atoms with Crippen molar-refractivity contribution in [1.82, 2.24) is 4.57 Å². The summed E-state index contributed by atoms with van der Waals surface area (Å²) in [6, 6.07) is 10.6. The van der Waals surface area contributed by atoms with Gasteiger partial charge in [0.15, 0.2) is 14.6 Å². The van der Waals surface area contributed by atoms with E-state index in [2.05, 4.69) is 4.99 Å². The number of hydrogen-bond donors (Lipinski definition) is 0. The van der Waals surface area contributed by atoms with Crippen LogP contribution >= 0.6 is 11.3 Å². The Morgan fingerprint density at radius 3 is 2.59 bits per heavy atom. The van der Waals surface area contributed by atoms with Gasteiger partial charge in [0.25, 0.3) is 5.91 Å². The summed E-state index contributed by atoms with van der Waals surface area (Å²) < 4.78 is 44.6. The number of aromatic nitrogens is 1. The molecule has 0 saturated heterocycles. The second-order valence-electron chi connectivity index (χ2n) is 6.44. The van der Waals surface area contributed by atoms with Gasteiger partial charge >= 0.3 is 0 Å². The van der Waals surface area contributed by atoms with Crippen molar-refractivity contribution < 1.29 is 22.3 Å². The maximum Gasteiger partial charge on any atom is 0.252 e. The SMILES string of the molecule is CCOCCn1c(=NC(=O)Cc2ccc(S(C)(=O)=O)cc2)sc2cc(F)ccc21. The summed E-state index contributed by atoms with van der Waals surface area (Å²) in [6.45, 7) is 3.42. The quantitative estimate of drug-likeness (QED) is 0.534. The van der Waals surface area contributed by atoms with Gasteiger partial charge in [-0.2, -0.15) is 4.99 Å². The molecule has 0 fully saturated rings. The van der Waals surface area contributed by atoms with Crippen LogP contribution in [0, 0.1) is 5.82 Å². The van der Waals surface area contributed by atoms with Gasteiger partial charge in [0, 0.05) is 19.4 Å². The van der Waals surface area contributed by atoms with E-state index in [-0.39, 0.29) is 23.0 Å². The number of hydrogen-bond acceptors (Lipinski definition) is 5. The van der Waals surface area contributed by atoms with Gasteiger partial charge in [0.2, 0.25) is 0 Å². The molecular formula is C20H21FN2O4S2. The topological polar surface area (TPSA) is 77.7 Å². The molecule has 154 valence electrons. The molecule has 0 radical (unpaired) electrons. The maximum atomic E-state index is 13.6. The fraction of sp³-hybridized carbons (Fsp3) is 0.300. The number of ether oxygens (including phenoxy) is 1. The van der Waals surface area contributed by atoms with E-state index in [0.717, 1.165) is 11.8 Å². The Labute approximate surface area is 172 Å². The highest BCUT2D eigenvalue weighted by atomic mass is 32.2. The summed E-state index contributed by atoms with van der Waals surface area (Å²) in [5, 5.41) is 0. The van der Waals surface area contributed by atoms with Gasteiger partial charge in [-0.3, -0.25) is 4.79 Å². The summed E-state index contributed by atoms with van der Waals surface area (Å²) in [4.78, 5) is 17.4. The molecule has 0 aliphatic rings. The van der Waals surface area contributed by atoms with Crippen LogP contribution in [0.15, 0.2) is 52.4 Å². The van der Waals surface area contributed by atoms with E-state index >= 15 is 0 Å². The second kappa shape index (κ2) is 8.98. The molecular weight excluding hydrogens is 415 g/mol. The molecule has 0 spiro atoms. The third-order valence-corrected chi connectivity index (χ3v) is 6.40. The number of rotatable bonds is 7. The first-order chi connectivity index (χ1) is 13.8. The molecule has 9 heteroatoms. The van der Waals surface area contributed by atoms with Crippen LogP contribution in [0.2, 0.25) is 0 Å². The largest absolute Gasteiger partial charge is 0.380 e. The van der Waals surface area contributed by atoms with Gasteiger partial charge < -0.3 is 9.30 Å². The Hall–Kier alpha value is -2.36. The fourth-order valence-corrected chi connectivity index (χ4v) is 4.55. The average Bonchev–Trinajstić information content (AvgIpc) is 2.97. The minimum absolute atomic E-state index is 0.0398. The zero-order chi connectivity index (χ0) is 21.0. The van der Waals surface area contributed by atoms with Crippen LogP contribution in [-0.4, -0.2) is 38.4 Å². The molecule has 0 N–H and O–H groups in total. The van der Waals surface area contributed by atoms with E-state index in [9.17, 15) is 17.6 Å². The van der Waals surface area contributed by atoms with Crippen LogP contribution in [-0.2, 0) is 32.3 Å². The third kappa shape index (κ3) is 5.37. The molecule has 1 amide bonds. The van der Waals surface area contributed by atoms with Crippen LogP contribution < -0.4 is 4.80 Å². The highest BCUT2D eigenvalue weighted by molar-refractivity contribution is 7.90. The number of thiazole rings is 1. The van der Waals surface area contributed by atoms with Crippen molar-refractivity contribution in [3.63, 3.8) is 0 Å². The van der Waals surface area contributed by atoms with Crippen LogP contribution in [0.5, 0.6) is 0 Å². The Morgan fingerprint density at radius 2 is 1.93 bits per heavy atom. The summed E-state index contributed by atoms with van der Waals surface area (Å²) >= 11 is 1.24. The van der Waals surface area contributed by atoms with Crippen molar-refractivity contribution in [2.75, 3.05) is 19.5 Å². The van der Waals surface area contributed by atoms with E-state index in [0.29, 0.717) is 34.8 Å². The zero-order valence-corrected chi connectivity index (χ0v) is 17.7. The molecule has 0 saturated carbocycles. The standard InChI is InChI=1S/C20H21FN2O4S2/c1-3-27-11-10-23-17-9-6-15(21)13-18(17)28-20(23)22-19(24)12-14-4-7-16(8-5-14)29(2,25)26/h4-9,13H,3,10-12H2,1-2H3. The van der Waals surface area contributed by atoms with Crippen molar-refractivity contribution in [3.05, 3.63) is 58.6 Å². The average molecular weight is 437 g/mol. The number of amides is 1. The summed E-state index contributed by atoms with van der Waals surface area (Å²) in [5.41, 5.74) is 1.46. The molecule has 0 aliphatic heterocycles. The summed E-state index contributed by atoms with van der Waals surface area (Å²) in [6.07, 6.45) is 1.17. The Kier molecular flexibility index (Phi) is 6.61. The molecule has 29 heavy (non-hydrogen) atoms. The first-order valence-corrected chi connectivity index (χ1v) is 11.7. The number of nitrogens with zero attached hydrogens (tertiary/aromatic N) is 2. The van der Waals surface area contributed by atoms with Crippen molar-refractivity contribution >= 4 is 37.3 Å². The number of benzene rings is 2. The van der Waals surface area contributed by atoms with E-state index in [1.165, 1.54) is 35.6 Å². The molecule has 0 aliphatic carbocycles. The second-order valence-corrected chi connectivity index (χ2v) is 9.47. The monoisotopic (exact) mass is 436 g/mol. The lowest BCUT2D eigenvalue weighted by molar-refractivity contribution is -0.117. The minimum Gasteiger partial charge on any atom is -0.380 e. The summed E-state index contributed by atoms with van der Waals surface area (Å²) in [7, 11) is -3.28. The van der Waals surface area contributed by atoms with Gasteiger partial charge in [0.1, 0.15) is 5.82 Å². The predicted molar refractivity (Wildman–Crippen MR) is 110 cm³/mol. The van der Waals surface area contributed by atoms with Gasteiger partial charge in [-0.25, -0.2) is 12.8 Å². The Bertz CT molecular complexity index is 1200. The van der Waals surface area contributed by atoms with Crippen LogP contribution in [0.3, 0.4) is 0 Å². The van der Waals surface area contributed by atoms with Gasteiger partial charge in [0.05, 0.1) is 28.1 Å². The highest BCUT2D eigenvalue weighted by Crippen LogP contribution is 2.19. The highest BCUT2D eigenvalue weighted by Gasteiger charge is 2.11. The van der Waals surface area contributed by atoms with Crippen molar-refractivity contribution in [3.8, 4) is 0 Å². The van der Waals surface area contributed by atoms with Crippen molar-refractivity contribution in [1.29, 1.82) is 0 Å². The van der Waals surface area contributed by atoms with Crippen LogP contribution in [0.1, 0.15) is 12.5 Å². The predicted octanol–water partition coefficient (Wildman–Crippen LogP) is 2.95. The molecule has 0 bridgehead atoms. The molecule has 1 heterocycles. The number of carbonyl (C=O) groups is 1. The minimum atomic E-state index is -3.28. The number of carbonyl (C=O) groups excluding carboxylic acids is 1. The molecule has 3 aromatic rings. The van der Waals surface area contributed by atoms with Crippen molar-refractivity contribution in [2.24, 2.45) is 4.99 Å². The first kappa shape index (κ1) is 21.4. The third-order valence-electron chi connectivity index (χ3n) is 4.24. The van der Waals surface area contributed by atoms with E-state index < -0.39 is 9.84 Å². The van der Waals surface area contributed by atoms with Gasteiger partial charge in [-0.05, 0) is 42.8 Å². The Morgan fingerprint density at radius 1 is 1.21 bits per heavy atom. The van der Waals surface area contributed by atoms with Crippen LogP contribution in [0.25, 0.3) is 10.2 Å². The van der Waals surface area contributed by atoms with E-state index in [1.807, 2.05) is 11.5 Å². The molecule has 0 unspecified atom stereocenters. The fourth-order valence-electron chi connectivity index (χ4n) is 2.82. The number of fused-ring (bicyclic) bond motifs is 1. The van der Waals surface area contributed by atoms with Crippen molar-refractivity contribution in [2.45, 2.75) is 24.8 Å². The van der Waals surface area contributed by atoms with Crippen LogP contribution in [0.4, 0.5) is 4.39 Å². The number of sulfone groups is 1. The lowest BCUT2D eigenvalue weighted by atomic mass is 10.1. The molecule has 2 aromatic carbocycles. The normalized spacial score (nSPS) is 12.6. The van der Waals surface area contributed by atoms with Gasteiger partial charge in [-0.15, -0.1) is 0 Å². The van der Waals surface area contributed by atoms with E-state index in [4.69, 9.17) is 4.74 Å². The lowest BCUT2D eigenvalue weighted by Crippen LogP contribution is -2.20. The molecule has 3 rings (SSSR count). The Balaban J connectivity index is 1.89. The molecule has 6 nitrogen and oxygen atoms in total. The van der Waals surface area contributed by atoms with E-state index in [1.54, 1.807) is 18.2 Å². The van der Waals surface area contributed by atoms with Gasteiger partial charge in [-0.1, -0.05) is 23.5 Å².